The number of carbonyl (C=O) groups excluding carboxylic acids is 1. The van der Waals surface area contributed by atoms with Gasteiger partial charge in [0.2, 0.25) is 0 Å². The third-order valence-corrected chi connectivity index (χ3v) is 2.57. The van der Waals surface area contributed by atoms with Gasteiger partial charge in [-0.3, -0.25) is 4.79 Å². The predicted molar refractivity (Wildman–Crippen MR) is 59.0 cm³/mol. The lowest BCUT2D eigenvalue weighted by molar-refractivity contribution is -0.141. The molecule has 0 aromatic heterocycles. The van der Waals surface area contributed by atoms with Crippen LogP contribution in [0.2, 0.25) is 0 Å². The number of alkyl halides is 6. The van der Waals surface area contributed by atoms with Crippen molar-refractivity contribution >= 4 is 5.91 Å². The maximum absolute atomic E-state index is 13.7. The highest BCUT2D eigenvalue weighted by Gasteiger charge is 2.37. The average Bonchev–Trinajstić information content (AvgIpc) is 2.33. The van der Waals surface area contributed by atoms with Gasteiger partial charge in [0, 0.05) is 6.54 Å². The molecule has 118 valence electrons. The number of halogens is 7. The second-order valence-corrected chi connectivity index (χ2v) is 4.10. The zero-order valence-electron chi connectivity index (χ0n) is 10.6. The molecule has 0 aliphatic rings. The topological polar surface area (TPSA) is 20.3 Å². The molecule has 0 atom stereocenters. The van der Waals surface area contributed by atoms with Crippen molar-refractivity contribution in [1.82, 2.24) is 4.90 Å². The summed E-state index contributed by atoms with van der Waals surface area (Å²) in [4.78, 5) is 12.0. The molecule has 2 nitrogen and oxygen atoms in total. The van der Waals surface area contributed by atoms with E-state index < -0.39 is 48.3 Å². The number of nitrogens with zero attached hydrogens (tertiary/aromatic N) is 1. The second-order valence-electron chi connectivity index (χ2n) is 4.10. The number of rotatable bonds is 3. The van der Waals surface area contributed by atoms with Crippen molar-refractivity contribution in [3.63, 3.8) is 0 Å². The summed E-state index contributed by atoms with van der Waals surface area (Å²) in [5, 5.41) is 0. The minimum Gasteiger partial charge on any atom is -0.330 e. The molecule has 9 heteroatoms. The van der Waals surface area contributed by atoms with Gasteiger partial charge >= 0.3 is 12.4 Å². The summed E-state index contributed by atoms with van der Waals surface area (Å²) in [6.07, 6.45) is -9.77. The number of carbonyl (C=O) groups is 1. The van der Waals surface area contributed by atoms with Crippen molar-refractivity contribution in [2.75, 3.05) is 13.1 Å². The highest BCUT2D eigenvalue weighted by Crippen LogP contribution is 2.32. The summed E-state index contributed by atoms with van der Waals surface area (Å²) in [5.41, 5.74) is -2.74. The van der Waals surface area contributed by atoms with Crippen LogP contribution in [0.3, 0.4) is 0 Å². The number of hydrogen-bond donors (Lipinski definition) is 0. The van der Waals surface area contributed by atoms with E-state index in [2.05, 4.69) is 0 Å². The van der Waals surface area contributed by atoms with Gasteiger partial charge in [-0.2, -0.15) is 26.3 Å². The van der Waals surface area contributed by atoms with Crippen LogP contribution in [0.25, 0.3) is 0 Å². The van der Waals surface area contributed by atoms with Crippen molar-refractivity contribution in [1.29, 1.82) is 0 Å². The Hall–Kier alpha value is -1.80. The first-order valence-electron chi connectivity index (χ1n) is 5.69. The molecule has 21 heavy (non-hydrogen) atoms. The Morgan fingerprint density at radius 3 is 2.14 bits per heavy atom. The molecule has 1 aromatic carbocycles. The Kier molecular flexibility index (Phi) is 4.85. The van der Waals surface area contributed by atoms with Crippen LogP contribution in [0.15, 0.2) is 18.2 Å². The number of benzene rings is 1. The van der Waals surface area contributed by atoms with Gasteiger partial charge in [0.15, 0.2) is 0 Å². The lowest BCUT2D eigenvalue weighted by atomic mass is 10.1. The molecule has 0 aliphatic carbocycles. The highest BCUT2D eigenvalue weighted by molar-refractivity contribution is 5.94. The van der Waals surface area contributed by atoms with Crippen molar-refractivity contribution in [2.45, 2.75) is 19.3 Å². The molecule has 1 rings (SSSR count). The number of hydrogen-bond acceptors (Lipinski definition) is 1. The van der Waals surface area contributed by atoms with Crippen LogP contribution < -0.4 is 0 Å². The summed E-state index contributed by atoms with van der Waals surface area (Å²) in [7, 11) is 0. The van der Waals surface area contributed by atoms with Crippen LogP contribution >= 0.6 is 0 Å². The molecule has 0 unspecified atom stereocenters. The van der Waals surface area contributed by atoms with E-state index in [4.69, 9.17) is 0 Å². The SMILES string of the molecule is CCN(CC(F)(F)F)C(=O)c1cccc(C(F)(F)F)c1F. The Morgan fingerprint density at radius 2 is 1.71 bits per heavy atom. The number of amides is 1. The molecule has 1 aromatic rings. The molecular formula is C12H10F7NO. The van der Waals surface area contributed by atoms with E-state index in [0.29, 0.717) is 12.1 Å². The zero-order chi connectivity index (χ0) is 16.4. The van der Waals surface area contributed by atoms with Crippen molar-refractivity contribution in [3.8, 4) is 0 Å². The lowest BCUT2D eigenvalue weighted by Crippen LogP contribution is -2.39. The summed E-state index contributed by atoms with van der Waals surface area (Å²) in [5.74, 6) is -3.32. The molecule has 0 aliphatic heterocycles. The van der Waals surface area contributed by atoms with E-state index in [-0.39, 0.29) is 4.90 Å². The summed E-state index contributed by atoms with van der Waals surface area (Å²) in [6, 6.07) is 1.89. The lowest BCUT2D eigenvalue weighted by Gasteiger charge is -2.23. The van der Waals surface area contributed by atoms with Crippen LogP contribution in [0.1, 0.15) is 22.8 Å². The Bertz CT molecular complexity index is 521. The molecule has 0 saturated carbocycles. The van der Waals surface area contributed by atoms with E-state index in [9.17, 15) is 35.5 Å². The summed E-state index contributed by atoms with van der Waals surface area (Å²) < 4.78 is 88.0. The Morgan fingerprint density at radius 1 is 1.14 bits per heavy atom. The minimum absolute atomic E-state index is 0.221. The third-order valence-electron chi connectivity index (χ3n) is 2.57. The molecule has 0 heterocycles. The highest BCUT2D eigenvalue weighted by atomic mass is 19.4. The molecule has 0 spiro atoms. The molecular weight excluding hydrogens is 307 g/mol. The quantitative estimate of drug-likeness (QED) is 0.775. The minimum atomic E-state index is -5.04. The third kappa shape index (κ3) is 4.33. The maximum atomic E-state index is 13.7. The van der Waals surface area contributed by atoms with Crippen molar-refractivity contribution < 1.29 is 35.5 Å². The van der Waals surface area contributed by atoms with Gasteiger partial charge in [-0.05, 0) is 19.1 Å². The molecule has 0 saturated heterocycles. The van der Waals surface area contributed by atoms with E-state index in [1.165, 1.54) is 6.92 Å². The van der Waals surface area contributed by atoms with Gasteiger partial charge in [0.25, 0.3) is 5.91 Å². The zero-order valence-corrected chi connectivity index (χ0v) is 10.6. The van der Waals surface area contributed by atoms with Crippen LogP contribution in [-0.2, 0) is 6.18 Å². The fourth-order valence-corrected chi connectivity index (χ4v) is 1.63. The first kappa shape index (κ1) is 17.3. The van der Waals surface area contributed by atoms with E-state index in [1.54, 1.807) is 0 Å². The van der Waals surface area contributed by atoms with Gasteiger partial charge in [0.05, 0.1) is 11.1 Å². The normalized spacial score (nSPS) is 12.4. The molecule has 0 N–H and O–H groups in total. The molecule has 1 amide bonds. The average molecular weight is 317 g/mol. The first-order chi connectivity index (χ1) is 9.47. The van der Waals surface area contributed by atoms with Crippen LogP contribution in [0.5, 0.6) is 0 Å². The fraction of sp³-hybridized carbons (Fsp3) is 0.417. The Balaban J connectivity index is 3.18. The van der Waals surface area contributed by atoms with Crippen molar-refractivity contribution in [3.05, 3.63) is 35.1 Å². The van der Waals surface area contributed by atoms with E-state index in [1.807, 2.05) is 0 Å². The molecule has 0 fully saturated rings. The Labute approximate surface area is 115 Å². The van der Waals surface area contributed by atoms with Crippen LogP contribution in [-0.4, -0.2) is 30.1 Å². The van der Waals surface area contributed by atoms with Gasteiger partial charge < -0.3 is 4.90 Å². The smallest absolute Gasteiger partial charge is 0.330 e. The molecule has 0 radical (unpaired) electrons. The van der Waals surface area contributed by atoms with Crippen molar-refractivity contribution in [2.24, 2.45) is 0 Å². The van der Waals surface area contributed by atoms with Gasteiger partial charge in [0.1, 0.15) is 12.4 Å². The maximum Gasteiger partial charge on any atom is 0.419 e. The van der Waals surface area contributed by atoms with E-state index >= 15 is 0 Å². The summed E-state index contributed by atoms with van der Waals surface area (Å²) in [6.45, 7) is -0.888. The molecule has 0 bridgehead atoms. The standard InChI is InChI=1S/C12H10F7NO/c1-2-20(6-11(14,15)16)10(21)7-4-3-5-8(9(7)13)12(17,18)19/h3-5H,2,6H2,1H3. The summed E-state index contributed by atoms with van der Waals surface area (Å²) >= 11 is 0. The van der Waals surface area contributed by atoms with E-state index in [0.717, 1.165) is 6.07 Å². The van der Waals surface area contributed by atoms with Gasteiger partial charge in [-0.1, -0.05) is 6.07 Å². The largest absolute Gasteiger partial charge is 0.419 e. The second kappa shape index (κ2) is 5.90. The van der Waals surface area contributed by atoms with Gasteiger partial charge in [-0.15, -0.1) is 0 Å². The first-order valence-corrected chi connectivity index (χ1v) is 5.69. The van der Waals surface area contributed by atoms with Crippen LogP contribution in [0, 0.1) is 5.82 Å². The monoisotopic (exact) mass is 317 g/mol. The fourth-order valence-electron chi connectivity index (χ4n) is 1.63. The predicted octanol–water partition coefficient (Wildman–Crippen LogP) is 3.87. The van der Waals surface area contributed by atoms with Crippen LogP contribution in [0.4, 0.5) is 30.7 Å². The van der Waals surface area contributed by atoms with Gasteiger partial charge in [-0.25, -0.2) is 4.39 Å².